The Bertz CT molecular complexity index is 1050. The van der Waals surface area contributed by atoms with Gasteiger partial charge in [-0.15, -0.1) is 0 Å². The lowest BCUT2D eigenvalue weighted by Crippen LogP contribution is -2.32. The number of carbonyl (C=O) groups is 1. The van der Waals surface area contributed by atoms with Gasteiger partial charge in [-0.3, -0.25) is 9.36 Å². The quantitative estimate of drug-likeness (QED) is 0.618. The van der Waals surface area contributed by atoms with Crippen molar-refractivity contribution in [1.29, 1.82) is 0 Å². The van der Waals surface area contributed by atoms with E-state index in [1.54, 1.807) is 12.7 Å². The van der Waals surface area contributed by atoms with Crippen LogP contribution < -0.4 is 10.2 Å². The topological polar surface area (TPSA) is 79.2 Å². The highest BCUT2D eigenvalue weighted by atomic mass is 16.1. The molecule has 0 bridgehead atoms. The number of fused-ring (bicyclic) bond motifs is 1. The van der Waals surface area contributed by atoms with E-state index in [4.69, 9.17) is 0 Å². The molecule has 3 aromatic rings. The number of amides is 1. The predicted molar refractivity (Wildman–Crippen MR) is 118 cm³/mol. The number of aromatic nitrogens is 4. The van der Waals surface area contributed by atoms with Gasteiger partial charge in [0.2, 0.25) is 0 Å². The molecule has 2 heterocycles. The molecule has 4 rings (SSSR count). The first-order valence-corrected chi connectivity index (χ1v) is 10.5. The van der Waals surface area contributed by atoms with E-state index in [2.05, 4.69) is 51.1 Å². The number of benzene rings is 1. The first-order chi connectivity index (χ1) is 14.5. The maximum atomic E-state index is 12.5. The summed E-state index contributed by atoms with van der Waals surface area (Å²) >= 11 is 0. The van der Waals surface area contributed by atoms with E-state index >= 15 is 0 Å². The van der Waals surface area contributed by atoms with E-state index in [0.29, 0.717) is 11.6 Å². The van der Waals surface area contributed by atoms with Crippen molar-refractivity contribution in [3.05, 3.63) is 42.0 Å². The highest BCUT2D eigenvalue weighted by Gasteiger charge is 2.24. The van der Waals surface area contributed by atoms with Crippen molar-refractivity contribution in [3.63, 3.8) is 0 Å². The van der Waals surface area contributed by atoms with Crippen molar-refractivity contribution in [1.82, 2.24) is 29.7 Å². The fraction of sp³-hybridized carbons (Fsp3) is 0.455. The summed E-state index contributed by atoms with van der Waals surface area (Å²) in [6.07, 6.45) is 5.50. The molecule has 8 heteroatoms. The first-order valence-electron chi connectivity index (χ1n) is 10.5. The van der Waals surface area contributed by atoms with E-state index in [1.165, 1.54) is 0 Å². The zero-order valence-corrected chi connectivity index (χ0v) is 18.1. The second-order valence-corrected chi connectivity index (χ2v) is 8.12. The molecule has 1 aromatic carbocycles. The fourth-order valence-corrected chi connectivity index (χ4v) is 3.47. The number of nitrogens with one attached hydrogen (secondary N) is 1. The van der Waals surface area contributed by atoms with Crippen LogP contribution in [0.4, 0.5) is 5.82 Å². The summed E-state index contributed by atoms with van der Waals surface area (Å²) in [5.74, 6) is 0.808. The Labute approximate surface area is 176 Å². The number of nitrogens with zero attached hydrogens (tertiary/aromatic N) is 6. The molecule has 0 radical (unpaired) electrons. The number of likely N-dealkylation sites (N-methyl/N-ethyl adjacent to an activating group) is 2. The molecule has 0 unspecified atom stereocenters. The van der Waals surface area contributed by atoms with Crippen LogP contribution in [0.5, 0.6) is 0 Å². The number of aryl methyl sites for hydroxylation is 1. The predicted octanol–water partition coefficient (Wildman–Crippen LogP) is 2.40. The Kier molecular flexibility index (Phi) is 5.67. The molecule has 1 N–H and O–H groups in total. The van der Waals surface area contributed by atoms with Gasteiger partial charge in [0.25, 0.3) is 5.91 Å². The third kappa shape index (κ3) is 4.14. The maximum absolute atomic E-state index is 12.5. The Morgan fingerprint density at radius 2 is 2.00 bits per heavy atom. The fourth-order valence-electron chi connectivity index (χ4n) is 3.47. The smallest absolute Gasteiger partial charge is 0.251 e. The largest absolute Gasteiger partial charge is 0.354 e. The standard InChI is InChI=1S/C22H29N7O/c1-5-28(11-10-27(3)4)20-19-21(24-13-23-20)29(14-25-19)18-12-16(7-6-15(18)2)22(30)26-17-8-9-17/h6-7,12-14,17H,5,8-11H2,1-4H3,(H,26,30). The van der Waals surface area contributed by atoms with Crippen LogP contribution in [-0.4, -0.2) is 70.1 Å². The molecule has 1 aliphatic carbocycles. The summed E-state index contributed by atoms with van der Waals surface area (Å²) in [5, 5.41) is 3.05. The molecule has 0 aliphatic heterocycles. The van der Waals surface area contributed by atoms with Crippen molar-refractivity contribution >= 4 is 22.9 Å². The van der Waals surface area contributed by atoms with Crippen molar-refractivity contribution < 1.29 is 4.79 Å². The summed E-state index contributed by atoms with van der Waals surface area (Å²) in [5.41, 5.74) is 4.12. The first kappa shape index (κ1) is 20.3. The Balaban J connectivity index is 1.71. The van der Waals surface area contributed by atoms with Gasteiger partial charge in [0.05, 0.1) is 5.69 Å². The summed E-state index contributed by atoms with van der Waals surface area (Å²) in [6.45, 7) is 6.77. The van der Waals surface area contributed by atoms with Gasteiger partial charge in [-0.05, 0) is 58.5 Å². The minimum atomic E-state index is -0.0284. The number of anilines is 1. The highest BCUT2D eigenvalue weighted by molar-refractivity contribution is 5.95. The number of rotatable bonds is 8. The second-order valence-electron chi connectivity index (χ2n) is 8.12. The molecule has 8 nitrogen and oxygen atoms in total. The van der Waals surface area contributed by atoms with Gasteiger partial charge in [0.15, 0.2) is 17.0 Å². The molecule has 158 valence electrons. The normalized spacial score (nSPS) is 13.8. The molecule has 1 aliphatic rings. The van der Waals surface area contributed by atoms with E-state index in [1.807, 2.05) is 29.7 Å². The second kappa shape index (κ2) is 8.39. The SMILES string of the molecule is CCN(CCN(C)C)c1ncnc2c1ncn2-c1cc(C(=O)NC2CC2)ccc1C. The Hall–Kier alpha value is -3.00. The van der Waals surface area contributed by atoms with Gasteiger partial charge >= 0.3 is 0 Å². The zero-order valence-electron chi connectivity index (χ0n) is 18.1. The van der Waals surface area contributed by atoms with Gasteiger partial charge < -0.3 is 15.1 Å². The summed E-state index contributed by atoms with van der Waals surface area (Å²) in [4.78, 5) is 30.6. The molecular weight excluding hydrogens is 378 g/mol. The summed E-state index contributed by atoms with van der Waals surface area (Å²) in [7, 11) is 4.13. The van der Waals surface area contributed by atoms with E-state index in [9.17, 15) is 4.79 Å². The lowest BCUT2D eigenvalue weighted by molar-refractivity contribution is 0.0951. The van der Waals surface area contributed by atoms with Gasteiger partial charge in [0, 0.05) is 31.2 Å². The van der Waals surface area contributed by atoms with Gasteiger partial charge in [-0.1, -0.05) is 6.07 Å². The molecule has 1 fully saturated rings. The van der Waals surface area contributed by atoms with Gasteiger partial charge in [-0.2, -0.15) is 0 Å². The van der Waals surface area contributed by atoms with Gasteiger partial charge in [0.1, 0.15) is 12.7 Å². The highest BCUT2D eigenvalue weighted by Crippen LogP contribution is 2.26. The Morgan fingerprint density at radius 1 is 1.20 bits per heavy atom. The Morgan fingerprint density at radius 3 is 2.70 bits per heavy atom. The van der Waals surface area contributed by atoms with Crippen LogP contribution in [0.1, 0.15) is 35.7 Å². The van der Waals surface area contributed by atoms with Gasteiger partial charge in [-0.25, -0.2) is 15.0 Å². The lowest BCUT2D eigenvalue weighted by atomic mass is 10.1. The van der Waals surface area contributed by atoms with Crippen LogP contribution in [0, 0.1) is 6.92 Å². The van der Waals surface area contributed by atoms with Crippen molar-refractivity contribution in [2.45, 2.75) is 32.7 Å². The molecule has 1 amide bonds. The third-order valence-electron chi connectivity index (χ3n) is 5.46. The van der Waals surface area contributed by atoms with E-state index in [-0.39, 0.29) is 5.91 Å². The van der Waals surface area contributed by atoms with Crippen LogP contribution in [0.3, 0.4) is 0 Å². The molecule has 0 spiro atoms. The molecule has 30 heavy (non-hydrogen) atoms. The van der Waals surface area contributed by atoms with Crippen LogP contribution in [-0.2, 0) is 0 Å². The third-order valence-corrected chi connectivity index (χ3v) is 5.46. The summed E-state index contributed by atoms with van der Waals surface area (Å²) < 4.78 is 1.95. The zero-order chi connectivity index (χ0) is 21.3. The molecular formula is C22H29N7O. The van der Waals surface area contributed by atoms with E-state index in [0.717, 1.165) is 60.7 Å². The van der Waals surface area contributed by atoms with Crippen molar-refractivity contribution in [2.75, 3.05) is 38.6 Å². The monoisotopic (exact) mass is 407 g/mol. The summed E-state index contributed by atoms with van der Waals surface area (Å²) in [6, 6.07) is 6.09. The average Bonchev–Trinajstić information content (AvgIpc) is 3.44. The van der Waals surface area contributed by atoms with E-state index < -0.39 is 0 Å². The number of hydrogen-bond acceptors (Lipinski definition) is 6. The molecule has 2 aromatic heterocycles. The number of carbonyl (C=O) groups excluding carboxylic acids is 1. The average molecular weight is 408 g/mol. The lowest BCUT2D eigenvalue weighted by Gasteiger charge is -2.23. The minimum Gasteiger partial charge on any atom is -0.354 e. The number of imidazole rings is 1. The van der Waals surface area contributed by atoms with Crippen molar-refractivity contribution in [3.8, 4) is 5.69 Å². The van der Waals surface area contributed by atoms with Crippen LogP contribution in [0.25, 0.3) is 16.9 Å². The van der Waals surface area contributed by atoms with Crippen LogP contribution >= 0.6 is 0 Å². The minimum absolute atomic E-state index is 0.0284. The van der Waals surface area contributed by atoms with Crippen LogP contribution in [0.2, 0.25) is 0 Å². The molecule has 0 saturated heterocycles. The molecule has 1 saturated carbocycles. The maximum Gasteiger partial charge on any atom is 0.251 e. The van der Waals surface area contributed by atoms with Crippen LogP contribution in [0.15, 0.2) is 30.9 Å². The molecule has 0 atom stereocenters. The number of hydrogen-bond donors (Lipinski definition) is 1. The van der Waals surface area contributed by atoms with Crippen molar-refractivity contribution in [2.24, 2.45) is 0 Å².